The van der Waals surface area contributed by atoms with Gasteiger partial charge in [0.25, 0.3) is 0 Å². The fourth-order valence-electron chi connectivity index (χ4n) is 3.30. The maximum absolute atomic E-state index is 13.6. The third-order valence-electron chi connectivity index (χ3n) is 5.02. The lowest BCUT2D eigenvalue weighted by atomic mass is 10.1. The van der Waals surface area contributed by atoms with E-state index in [-0.39, 0.29) is 28.9 Å². The number of ether oxygens (including phenoxy) is 1. The van der Waals surface area contributed by atoms with E-state index < -0.39 is 34.1 Å². The molecule has 0 bridgehead atoms. The molecule has 0 unspecified atom stereocenters. The summed E-state index contributed by atoms with van der Waals surface area (Å²) >= 11 is 9.50. The summed E-state index contributed by atoms with van der Waals surface area (Å²) in [6, 6.07) is 11.0. The van der Waals surface area contributed by atoms with Crippen LogP contribution in [0, 0.1) is 0 Å². The first-order valence-electron chi connectivity index (χ1n) is 10.8. The van der Waals surface area contributed by atoms with E-state index in [4.69, 9.17) is 16.3 Å². The number of nitrogens with one attached hydrogen (secondary N) is 1. The van der Waals surface area contributed by atoms with Crippen molar-refractivity contribution in [3.8, 4) is 5.75 Å². The van der Waals surface area contributed by atoms with E-state index >= 15 is 0 Å². The minimum atomic E-state index is -3.91. The molecule has 11 heteroatoms. The van der Waals surface area contributed by atoms with Crippen LogP contribution in [0.2, 0.25) is 5.02 Å². The highest BCUT2D eigenvalue weighted by atomic mass is 79.9. The third kappa shape index (κ3) is 8.40. The Balaban J connectivity index is 2.47. The second kappa shape index (κ2) is 11.6. The molecule has 0 radical (unpaired) electrons. The Morgan fingerprint density at radius 3 is 2.26 bits per heavy atom. The first-order chi connectivity index (χ1) is 16.1. The molecule has 0 saturated carbocycles. The van der Waals surface area contributed by atoms with Crippen molar-refractivity contribution in [3.63, 3.8) is 0 Å². The van der Waals surface area contributed by atoms with Gasteiger partial charge in [-0.05, 0) is 63.6 Å². The average molecular weight is 589 g/mol. The summed E-state index contributed by atoms with van der Waals surface area (Å²) in [7, 11) is -2.51. The number of sulfonamides is 1. The molecule has 192 valence electrons. The van der Waals surface area contributed by atoms with Gasteiger partial charge in [-0.2, -0.15) is 0 Å². The number of benzene rings is 2. The Labute approximate surface area is 220 Å². The highest BCUT2D eigenvalue weighted by Crippen LogP contribution is 2.33. The van der Waals surface area contributed by atoms with Crippen molar-refractivity contribution < 1.29 is 22.7 Å². The Morgan fingerprint density at radius 1 is 1.14 bits per heavy atom. The Morgan fingerprint density at radius 2 is 1.74 bits per heavy atom. The van der Waals surface area contributed by atoms with E-state index in [2.05, 4.69) is 21.2 Å². The zero-order valence-electron chi connectivity index (χ0n) is 20.6. The predicted molar refractivity (Wildman–Crippen MR) is 142 cm³/mol. The average Bonchev–Trinajstić information content (AvgIpc) is 2.74. The normalized spacial score (nSPS) is 12.6. The Kier molecular flexibility index (Phi) is 9.61. The first kappa shape index (κ1) is 28.9. The third-order valence-corrected chi connectivity index (χ3v) is 6.91. The molecule has 8 nitrogen and oxygen atoms in total. The van der Waals surface area contributed by atoms with Crippen molar-refractivity contribution in [1.29, 1.82) is 0 Å². The van der Waals surface area contributed by atoms with Gasteiger partial charge < -0.3 is 15.0 Å². The van der Waals surface area contributed by atoms with Crippen LogP contribution in [0.4, 0.5) is 5.69 Å². The fourth-order valence-corrected chi connectivity index (χ4v) is 4.57. The molecular formula is C24H31BrClN3O5S. The lowest BCUT2D eigenvalue weighted by molar-refractivity contribution is -0.140. The van der Waals surface area contributed by atoms with Crippen LogP contribution < -0.4 is 14.4 Å². The maximum atomic E-state index is 13.6. The summed E-state index contributed by atoms with van der Waals surface area (Å²) in [4.78, 5) is 27.9. The van der Waals surface area contributed by atoms with Gasteiger partial charge in [-0.25, -0.2) is 8.42 Å². The zero-order valence-corrected chi connectivity index (χ0v) is 23.8. The summed E-state index contributed by atoms with van der Waals surface area (Å²) in [5.74, 6) is -0.670. The number of hydrogen-bond acceptors (Lipinski definition) is 5. The number of anilines is 1. The highest BCUT2D eigenvalue weighted by Gasteiger charge is 2.32. The molecule has 1 atom stereocenters. The molecule has 1 N–H and O–H groups in total. The molecule has 0 aliphatic carbocycles. The molecule has 2 amide bonds. The topological polar surface area (TPSA) is 96.0 Å². The van der Waals surface area contributed by atoms with Gasteiger partial charge in [-0.15, -0.1) is 0 Å². The predicted octanol–water partition coefficient (Wildman–Crippen LogP) is 4.21. The van der Waals surface area contributed by atoms with Crippen molar-refractivity contribution in [2.75, 3.05) is 24.2 Å². The Hall–Kier alpha value is -2.30. The SMILES string of the molecule is COc1ccc(Cl)cc1N(CC(=O)N(Cc1ccc(Br)cc1)[C@@H](C)C(=O)NC(C)(C)C)S(C)(=O)=O. The summed E-state index contributed by atoms with van der Waals surface area (Å²) in [5, 5.41) is 3.16. The summed E-state index contributed by atoms with van der Waals surface area (Å²) in [5.41, 5.74) is 0.402. The van der Waals surface area contributed by atoms with Crippen molar-refractivity contribution in [3.05, 3.63) is 57.5 Å². The molecule has 2 rings (SSSR count). The largest absolute Gasteiger partial charge is 0.495 e. The van der Waals surface area contributed by atoms with Crippen LogP contribution in [0.15, 0.2) is 46.9 Å². The standard InChI is InChI=1S/C24H31BrClN3O5S/c1-16(23(31)27-24(2,3)4)28(14-17-7-9-18(25)10-8-17)22(30)15-29(35(6,32)33)20-13-19(26)11-12-21(20)34-5/h7-13,16H,14-15H2,1-6H3,(H,27,31)/t16-/m0/s1. The fraction of sp³-hybridized carbons (Fsp3) is 0.417. The van der Waals surface area contributed by atoms with Gasteiger partial charge in [0.05, 0.1) is 19.1 Å². The van der Waals surface area contributed by atoms with E-state index in [1.54, 1.807) is 13.0 Å². The van der Waals surface area contributed by atoms with Crippen LogP contribution in [0.3, 0.4) is 0 Å². The lowest BCUT2D eigenvalue weighted by Gasteiger charge is -2.33. The maximum Gasteiger partial charge on any atom is 0.244 e. The molecular weight excluding hydrogens is 558 g/mol. The molecule has 2 aromatic carbocycles. The van der Waals surface area contributed by atoms with Crippen LogP contribution in [-0.2, 0) is 26.2 Å². The number of halogens is 2. The van der Waals surface area contributed by atoms with Crippen LogP contribution in [0.1, 0.15) is 33.3 Å². The molecule has 0 aliphatic heterocycles. The van der Waals surface area contributed by atoms with Gasteiger partial charge in [0, 0.05) is 21.6 Å². The van der Waals surface area contributed by atoms with Gasteiger partial charge in [-0.1, -0.05) is 39.7 Å². The molecule has 2 aromatic rings. The summed E-state index contributed by atoms with van der Waals surface area (Å²) in [6.45, 7) is 6.71. The van der Waals surface area contributed by atoms with E-state index in [1.807, 2.05) is 45.0 Å². The van der Waals surface area contributed by atoms with Crippen molar-refractivity contribution in [1.82, 2.24) is 10.2 Å². The van der Waals surface area contributed by atoms with E-state index in [0.29, 0.717) is 0 Å². The molecule has 0 fully saturated rings. The molecule has 0 aliphatic rings. The van der Waals surface area contributed by atoms with E-state index in [9.17, 15) is 18.0 Å². The number of nitrogens with zero attached hydrogens (tertiary/aromatic N) is 2. The van der Waals surface area contributed by atoms with Crippen molar-refractivity contribution in [2.45, 2.75) is 45.8 Å². The molecule has 0 heterocycles. The van der Waals surface area contributed by atoms with Gasteiger partial charge in [0.2, 0.25) is 21.8 Å². The Bertz CT molecular complexity index is 1170. The van der Waals surface area contributed by atoms with Gasteiger partial charge >= 0.3 is 0 Å². The number of amides is 2. The van der Waals surface area contributed by atoms with E-state index in [0.717, 1.165) is 20.6 Å². The number of carbonyl (C=O) groups excluding carboxylic acids is 2. The minimum Gasteiger partial charge on any atom is -0.495 e. The highest BCUT2D eigenvalue weighted by molar-refractivity contribution is 9.10. The molecule has 35 heavy (non-hydrogen) atoms. The van der Waals surface area contributed by atoms with Gasteiger partial charge in [0.15, 0.2) is 0 Å². The van der Waals surface area contributed by atoms with Crippen LogP contribution in [0.5, 0.6) is 5.75 Å². The van der Waals surface area contributed by atoms with Crippen molar-refractivity contribution in [2.24, 2.45) is 0 Å². The quantitative estimate of drug-likeness (QED) is 0.474. The van der Waals surface area contributed by atoms with E-state index in [1.165, 1.54) is 24.1 Å². The number of methoxy groups -OCH3 is 1. The van der Waals surface area contributed by atoms with Gasteiger partial charge in [0.1, 0.15) is 18.3 Å². The molecule has 0 saturated heterocycles. The lowest BCUT2D eigenvalue weighted by Crippen LogP contribution is -2.54. The summed E-state index contributed by atoms with van der Waals surface area (Å²) < 4.78 is 32.6. The second-order valence-corrected chi connectivity index (χ2v) is 12.4. The van der Waals surface area contributed by atoms with Crippen LogP contribution in [-0.4, -0.2) is 56.6 Å². The first-order valence-corrected chi connectivity index (χ1v) is 13.8. The smallest absolute Gasteiger partial charge is 0.244 e. The van der Waals surface area contributed by atoms with Crippen LogP contribution in [0.25, 0.3) is 0 Å². The molecule has 0 spiro atoms. The van der Waals surface area contributed by atoms with Crippen LogP contribution >= 0.6 is 27.5 Å². The molecule has 0 aromatic heterocycles. The number of hydrogen-bond donors (Lipinski definition) is 1. The zero-order chi connectivity index (χ0) is 26.6. The number of rotatable bonds is 9. The monoisotopic (exact) mass is 587 g/mol. The van der Waals surface area contributed by atoms with Crippen molar-refractivity contribution >= 4 is 55.1 Å². The van der Waals surface area contributed by atoms with Gasteiger partial charge in [-0.3, -0.25) is 13.9 Å². The minimum absolute atomic E-state index is 0.106. The second-order valence-electron chi connectivity index (χ2n) is 9.15. The summed E-state index contributed by atoms with van der Waals surface area (Å²) in [6.07, 6.45) is 0.995. The number of carbonyl (C=O) groups is 2.